The van der Waals surface area contributed by atoms with Gasteiger partial charge in [0.1, 0.15) is 0 Å². The number of aryl methyl sites for hydroxylation is 1. The number of aromatic nitrogens is 2. The summed E-state index contributed by atoms with van der Waals surface area (Å²) in [5.41, 5.74) is 3.69. The van der Waals surface area contributed by atoms with Crippen molar-refractivity contribution in [3.8, 4) is 0 Å². The average molecular weight is 201 g/mol. The third kappa shape index (κ3) is 2.59. The Bertz CT molecular complexity index is 389. The predicted molar refractivity (Wildman–Crippen MR) is 61.7 cm³/mol. The van der Waals surface area contributed by atoms with Crippen LogP contribution in [0.4, 0.5) is 5.69 Å². The minimum atomic E-state index is 0.837. The highest BCUT2D eigenvalue weighted by molar-refractivity contribution is 5.38. The summed E-state index contributed by atoms with van der Waals surface area (Å²) in [7, 11) is 0. The fraction of sp³-hybridized carbons (Fsp3) is 0.250. The minimum absolute atomic E-state index is 0.837. The first-order valence-corrected chi connectivity index (χ1v) is 5.19. The number of aromatic amines is 1. The van der Waals surface area contributed by atoms with Crippen LogP contribution >= 0.6 is 0 Å². The SMILES string of the molecule is CCc1ccc(CNc2cn[nH]c2)cc1. The molecule has 2 rings (SSSR count). The highest BCUT2D eigenvalue weighted by atomic mass is 15.1. The third-order valence-corrected chi connectivity index (χ3v) is 2.43. The maximum Gasteiger partial charge on any atom is 0.0726 e. The number of nitrogens with one attached hydrogen (secondary N) is 2. The van der Waals surface area contributed by atoms with Gasteiger partial charge in [-0.05, 0) is 17.5 Å². The van der Waals surface area contributed by atoms with Crippen molar-refractivity contribution in [2.45, 2.75) is 19.9 Å². The van der Waals surface area contributed by atoms with Crippen LogP contribution in [0.3, 0.4) is 0 Å². The summed E-state index contributed by atoms with van der Waals surface area (Å²) in [4.78, 5) is 0. The zero-order valence-electron chi connectivity index (χ0n) is 8.83. The summed E-state index contributed by atoms with van der Waals surface area (Å²) in [5, 5.41) is 9.93. The van der Waals surface area contributed by atoms with Crippen LogP contribution in [-0.2, 0) is 13.0 Å². The first kappa shape index (κ1) is 9.77. The molecular weight excluding hydrogens is 186 g/mol. The molecule has 0 saturated heterocycles. The summed E-state index contributed by atoms with van der Waals surface area (Å²) in [6, 6.07) is 8.66. The molecule has 0 aliphatic heterocycles. The molecule has 1 aromatic heterocycles. The molecule has 3 nitrogen and oxygen atoms in total. The molecule has 1 heterocycles. The molecule has 0 aliphatic rings. The van der Waals surface area contributed by atoms with E-state index < -0.39 is 0 Å². The number of hydrogen-bond acceptors (Lipinski definition) is 2. The monoisotopic (exact) mass is 201 g/mol. The molecule has 3 heteroatoms. The lowest BCUT2D eigenvalue weighted by Gasteiger charge is -2.04. The van der Waals surface area contributed by atoms with Crippen LogP contribution in [0.5, 0.6) is 0 Å². The molecule has 2 aromatic rings. The molecular formula is C12H15N3. The molecule has 0 aliphatic carbocycles. The van der Waals surface area contributed by atoms with Gasteiger partial charge in [-0.25, -0.2) is 0 Å². The molecule has 2 N–H and O–H groups in total. The zero-order valence-corrected chi connectivity index (χ0v) is 8.83. The highest BCUT2D eigenvalue weighted by Crippen LogP contribution is 2.08. The van der Waals surface area contributed by atoms with Crippen molar-refractivity contribution < 1.29 is 0 Å². The molecule has 0 spiro atoms. The number of benzene rings is 1. The summed E-state index contributed by atoms with van der Waals surface area (Å²) in [5.74, 6) is 0. The molecule has 15 heavy (non-hydrogen) atoms. The number of nitrogens with zero attached hydrogens (tertiary/aromatic N) is 1. The van der Waals surface area contributed by atoms with E-state index in [-0.39, 0.29) is 0 Å². The van der Waals surface area contributed by atoms with E-state index in [1.54, 1.807) is 6.20 Å². The van der Waals surface area contributed by atoms with E-state index in [4.69, 9.17) is 0 Å². The van der Waals surface area contributed by atoms with Crippen molar-refractivity contribution in [1.29, 1.82) is 0 Å². The van der Waals surface area contributed by atoms with Crippen LogP contribution in [0.25, 0.3) is 0 Å². The Hall–Kier alpha value is -1.77. The standard InChI is InChI=1S/C12H15N3/c1-2-10-3-5-11(6-4-10)7-13-12-8-14-15-9-12/h3-6,8-9,13H,2,7H2,1H3,(H,14,15). The summed E-state index contributed by atoms with van der Waals surface area (Å²) in [6.45, 7) is 3.00. The number of rotatable bonds is 4. The second kappa shape index (κ2) is 4.64. The lowest BCUT2D eigenvalue weighted by Crippen LogP contribution is -1.98. The average Bonchev–Trinajstić information content (AvgIpc) is 2.80. The normalized spacial score (nSPS) is 10.2. The fourth-order valence-electron chi connectivity index (χ4n) is 1.44. The second-order valence-corrected chi connectivity index (χ2v) is 3.51. The van der Waals surface area contributed by atoms with E-state index in [0.717, 1.165) is 18.7 Å². The molecule has 0 saturated carbocycles. The van der Waals surface area contributed by atoms with E-state index in [0.29, 0.717) is 0 Å². The predicted octanol–water partition coefficient (Wildman–Crippen LogP) is 2.58. The summed E-state index contributed by atoms with van der Waals surface area (Å²) >= 11 is 0. The first-order chi connectivity index (χ1) is 7.38. The molecule has 78 valence electrons. The van der Waals surface area contributed by atoms with Gasteiger partial charge in [-0.3, -0.25) is 5.10 Å². The van der Waals surface area contributed by atoms with Gasteiger partial charge in [-0.15, -0.1) is 0 Å². The van der Waals surface area contributed by atoms with Gasteiger partial charge in [-0.2, -0.15) is 5.10 Å². The van der Waals surface area contributed by atoms with Crippen LogP contribution in [0.15, 0.2) is 36.7 Å². The van der Waals surface area contributed by atoms with Crippen molar-refractivity contribution in [3.63, 3.8) is 0 Å². The summed E-state index contributed by atoms with van der Waals surface area (Å²) in [6.07, 6.45) is 4.72. The summed E-state index contributed by atoms with van der Waals surface area (Å²) < 4.78 is 0. The fourth-order valence-corrected chi connectivity index (χ4v) is 1.44. The van der Waals surface area contributed by atoms with E-state index >= 15 is 0 Å². The highest BCUT2D eigenvalue weighted by Gasteiger charge is 1.95. The van der Waals surface area contributed by atoms with Crippen LogP contribution < -0.4 is 5.32 Å². The molecule has 0 radical (unpaired) electrons. The van der Waals surface area contributed by atoms with Gasteiger partial charge in [0.05, 0.1) is 11.9 Å². The molecule has 0 amide bonds. The van der Waals surface area contributed by atoms with E-state index in [9.17, 15) is 0 Å². The van der Waals surface area contributed by atoms with Crippen molar-refractivity contribution in [2.24, 2.45) is 0 Å². The van der Waals surface area contributed by atoms with Gasteiger partial charge >= 0.3 is 0 Å². The van der Waals surface area contributed by atoms with Gasteiger partial charge in [0, 0.05) is 12.7 Å². The van der Waals surface area contributed by atoms with E-state index in [1.165, 1.54) is 11.1 Å². The topological polar surface area (TPSA) is 40.7 Å². The van der Waals surface area contributed by atoms with E-state index in [2.05, 4.69) is 46.7 Å². The van der Waals surface area contributed by atoms with Gasteiger partial charge in [0.2, 0.25) is 0 Å². The van der Waals surface area contributed by atoms with Crippen LogP contribution in [0, 0.1) is 0 Å². The Morgan fingerprint density at radius 1 is 1.20 bits per heavy atom. The van der Waals surface area contributed by atoms with Crippen LogP contribution in [0.2, 0.25) is 0 Å². The van der Waals surface area contributed by atoms with Crippen molar-refractivity contribution in [2.75, 3.05) is 5.32 Å². The molecule has 0 fully saturated rings. The Kier molecular flexibility index (Phi) is 3.02. The lowest BCUT2D eigenvalue weighted by atomic mass is 10.1. The largest absolute Gasteiger partial charge is 0.378 e. The smallest absolute Gasteiger partial charge is 0.0726 e. The first-order valence-electron chi connectivity index (χ1n) is 5.19. The van der Waals surface area contributed by atoms with Crippen molar-refractivity contribution in [3.05, 3.63) is 47.8 Å². The maximum atomic E-state index is 3.87. The third-order valence-electron chi connectivity index (χ3n) is 2.43. The number of hydrogen-bond donors (Lipinski definition) is 2. The Morgan fingerprint density at radius 3 is 2.53 bits per heavy atom. The molecule has 1 aromatic carbocycles. The van der Waals surface area contributed by atoms with Crippen molar-refractivity contribution >= 4 is 5.69 Å². The quantitative estimate of drug-likeness (QED) is 0.798. The maximum absolute atomic E-state index is 3.87. The van der Waals surface area contributed by atoms with E-state index in [1.807, 2.05) is 6.20 Å². The van der Waals surface area contributed by atoms with Crippen molar-refractivity contribution in [1.82, 2.24) is 10.2 Å². The van der Waals surface area contributed by atoms with Crippen LogP contribution in [0.1, 0.15) is 18.1 Å². The van der Waals surface area contributed by atoms with Crippen LogP contribution in [-0.4, -0.2) is 10.2 Å². The van der Waals surface area contributed by atoms with Gasteiger partial charge in [-0.1, -0.05) is 31.2 Å². The number of anilines is 1. The Morgan fingerprint density at radius 2 is 1.93 bits per heavy atom. The second-order valence-electron chi connectivity index (χ2n) is 3.51. The van der Waals surface area contributed by atoms with Gasteiger partial charge in [0.15, 0.2) is 0 Å². The molecule has 0 unspecified atom stereocenters. The lowest BCUT2D eigenvalue weighted by molar-refractivity contribution is 1.09. The Labute approximate surface area is 89.5 Å². The zero-order chi connectivity index (χ0) is 10.5. The molecule has 0 bridgehead atoms. The number of H-pyrrole nitrogens is 1. The van der Waals surface area contributed by atoms with Gasteiger partial charge < -0.3 is 5.32 Å². The Balaban J connectivity index is 1.93. The minimum Gasteiger partial charge on any atom is -0.378 e. The van der Waals surface area contributed by atoms with Gasteiger partial charge in [0.25, 0.3) is 0 Å². The molecule has 0 atom stereocenters.